The zero-order valence-corrected chi connectivity index (χ0v) is 12.2. The summed E-state index contributed by atoms with van der Waals surface area (Å²) in [6.45, 7) is 5.46. The molecule has 2 aliphatic heterocycles. The molecule has 1 fully saturated rings. The summed E-state index contributed by atoms with van der Waals surface area (Å²) >= 11 is 0. The molecule has 5 nitrogen and oxygen atoms in total. The molecule has 5 heteroatoms. The van der Waals surface area contributed by atoms with Crippen molar-refractivity contribution in [3.8, 4) is 17.3 Å². The van der Waals surface area contributed by atoms with E-state index in [1.807, 2.05) is 0 Å². The van der Waals surface area contributed by atoms with E-state index in [4.69, 9.17) is 9.15 Å². The van der Waals surface area contributed by atoms with Gasteiger partial charge < -0.3 is 9.15 Å². The molecule has 0 N–H and O–H groups in total. The number of likely N-dealkylation sites (N-methyl/N-ethyl adjacent to an activating group) is 1. The van der Waals surface area contributed by atoms with Crippen molar-refractivity contribution in [3.63, 3.8) is 0 Å². The highest BCUT2D eigenvalue weighted by atomic mass is 16.5. The Morgan fingerprint density at radius 3 is 3.14 bits per heavy atom. The average Bonchev–Trinajstić information content (AvgIpc) is 3.13. The number of likely N-dealkylation sites (tertiary alicyclic amines) is 1. The second-order valence-corrected chi connectivity index (χ2v) is 5.96. The molecule has 1 saturated heterocycles. The van der Waals surface area contributed by atoms with Crippen molar-refractivity contribution >= 4 is 0 Å². The van der Waals surface area contributed by atoms with Crippen LogP contribution in [0.25, 0.3) is 11.5 Å². The lowest BCUT2D eigenvalue weighted by Crippen LogP contribution is -2.51. The molecule has 110 valence electrons. The number of ether oxygens (including phenoxy) is 1. The van der Waals surface area contributed by atoms with Gasteiger partial charge in [-0.05, 0) is 32.0 Å². The van der Waals surface area contributed by atoms with E-state index in [0.29, 0.717) is 5.89 Å². The normalized spacial score (nSPS) is 25.0. The monoisotopic (exact) mass is 285 g/mol. The van der Waals surface area contributed by atoms with Gasteiger partial charge in [0.2, 0.25) is 11.8 Å². The van der Waals surface area contributed by atoms with E-state index in [0.717, 1.165) is 37.4 Å². The molecule has 21 heavy (non-hydrogen) atoms. The summed E-state index contributed by atoms with van der Waals surface area (Å²) in [6, 6.07) is 2.10. The fraction of sp³-hybridized carbons (Fsp3) is 0.500. The predicted molar refractivity (Wildman–Crippen MR) is 78.1 cm³/mol. The molecule has 0 saturated carbocycles. The van der Waals surface area contributed by atoms with Gasteiger partial charge in [-0.3, -0.25) is 4.90 Å². The van der Waals surface area contributed by atoms with Gasteiger partial charge in [-0.25, -0.2) is 9.97 Å². The molecule has 2 aliphatic rings. The molecule has 4 heterocycles. The maximum atomic E-state index is 6.24. The standard InChI is InChI=1S/C16H19N3O2/c1-2-19-6-3-4-16(11-19)9-12-8-13(10-18-15(12)21-16)14-17-5-7-20-14/h5,7-8,10H,2-4,6,9,11H2,1H3. The minimum Gasteiger partial charge on any atom is -0.469 e. The quantitative estimate of drug-likeness (QED) is 0.848. The van der Waals surface area contributed by atoms with Crippen molar-refractivity contribution < 1.29 is 9.15 Å². The van der Waals surface area contributed by atoms with Crippen LogP contribution in [0.3, 0.4) is 0 Å². The first-order valence-corrected chi connectivity index (χ1v) is 7.58. The van der Waals surface area contributed by atoms with E-state index < -0.39 is 0 Å². The van der Waals surface area contributed by atoms with E-state index >= 15 is 0 Å². The Kier molecular flexibility index (Phi) is 2.96. The Bertz CT molecular complexity index is 641. The molecule has 2 aromatic heterocycles. The molecule has 1 unspecified atom stereocenters. The number of pyridine rings is 1. The summed E-state index contributed by atoms with van der Waals surface area (Å²) in [5, 5.41) is 0. The fourth-order valence-electron chi connectivity index (χ4n) is 3.48. The largest absolute Gasteiger partial charge is 0.469 e. The van der Waals surface area contributed by atoms with Crippen molar-refractivity contribution in [3.05, 3.63) is 30.3 Å². The molecule has 4 rings (SSSR count). The van der Waals surface area contributed by atoms with E-state index in [9.17, 15) is 0 Å². The highest BCUT2D eigenvalue weighted by Crippen LogP contribution is 2.40. The number of piperidine rings is 1. The summed E-state index contributed by atoms with van der Waals surface area (Å²) in [7, 11) is 0. The Balaban J connectivity index is 1.62. The van der Waals surface area contributed by atoms with E-state index in [1.54, 1.807) is 18.7 Å². The van der Waals surface area contributed by atoms with Crippen molar-refractivity contribution in [1.29, 1.82) is 0 Å². The Morgan fingerprint density at radius 1 is 1.38 bits per heavy atom. The van der Waals surface area contributed by atoms with Gasteiger partial charge in [0, 0.05) is 24.7 Å². The van der Waals surface area contributed by atoms with Crippen LogP contribution in [0.5, 0.6) is 5.88 Å². The molecule has 0 amide bonds. The van der Waals surface area contributed by atoms with Crippen LogP contribution in [-0.2, 0) is 6.42 Å². The Labute approximate surface area is 124 Å². The van der Waals surface area contributed by atoms with Gasteiger partial charge >= 0.3 is 0 Å². The molecule has 1 atom stereocenters. The lowest BCUT2D eigenvalue weighted by molar-refractivity contribution is 0.00781. The molecule has 0 radical (unpaired) electrons. The second kappa shape index (κ2) is 4.84. The number of oxazole rings is 1. The van der Waals surface area contributed by atoms with Gasteiger partial charge in [-0.15, -0.1) is 0 Å². The second-order valence-electron chi connectivity index (χ2n) is 5.96. The minimum atomic E-state index is -0.0845. The predicted octanol–water partition coefficient (Wildman–Crippen LogP) is 2.53. The topological polar surface area (TPSA) is 51.4 Å². The lowest BCUT2D eigenvalue weighted by atomic mass is 9.88. The number of nitrogens with zero attached hydrogens (tertiary/aromatic N) is 3. The van der Waals surface area contributed by atoms with Crippen LogP contribution in [-0.4, -0.2) is 40.1 Å². The molecule has 0 bridgehead atoms. The van der Waals surface area contributed by atoms with E-state index in [-0.39, 0.29) is 5.60 Å². The average molecular weight is 285 g/mol. The Hall–Kier alpha value is -1.88. The molecular weight excluding hydrogens is 266 g/mol. The SMILES string of the molecule is CCN1CCCC2(Cc3cc(-c4ncco4)cnc3O2)C1. The van der Waals surface area contributed by atoms with Gasteiger partial charge in [0.1, 0.15) is 11.9 Å². The minimum absolute atomic E-state index is 0.0845. The van der Waals surface area contributed by atoms with E-state index in [2.05, 4.69) is 27.9 Å². The highest BCUT2D eigenvalue weighted by Gasteiger charge is 2.43. The van der Waals surface area contributed by atoms with Crippen molar-refractivity contribution in [2.75, 3.05) is 19.6 Å². The maximum Gasteiger partial charge on any atom is 0.227 e. The van der Waals surface area contributed by atoms with Gasteiger partial charge in [-0.1, -0.05) is 6.92 Å². The van der Waals surface area contributed by atoms with Crippen LogP contribution in [0.15, 0.2) is 29.1 Å². The summed E-state index contributed by atoms with van der Waals surface area (Å²) in [5.41, 5.74) is 2.00. The zero-order valence-electron chi connectivity index (χ0n) is 12.2. The van der Waals surface area contributed by atoms with Gasteiger partial charge in [0.05, 0.1) is 11.8 Å². The lowest BCUT2D eigenvalue weighted by Gasteiger charge is -2.38. The molecule has 0 aliphatic carbocycles. The smallest absolute Gasteiger partial charge is 0.227 e. The summed E-state index contributed by atoms with van der Waals surface area (Å²) in [5.74, 6) is 1.40. The number of aromatic nitrogens is 2. The van der Waals surface area contributed by atoms with Crippen molar-refractivity contribution in [2.45, 2.75) is 31.8 Å². The third-order valence-electron chi connectivity index (χ3n) is 4.50. The number of hydrogen-bond acceptors (Lipinski definition) is 5. The van der Waals surface area contributed by atoms with Crippen LogP contribution < -0.4 is 4.74 Å². The molecule has 1 spiro atoms. The van der Waals surface area contributed by atoms with Crippen LogP contribution in [0, 0.1) is 0 Å². The fourth-order valence-corrected chi connectivity index (χ4v) is 3.48. The van der Waals surface area contributed by atoms with Gasteiger partial charge in [0.25, 0.3) is 0 Å². The number of hydrogen-bond donors (Lipinski definition) is 0. The Morgan fingerprint density at radius 2 is 2.33 bits per heavy atom. The first-order valence-electron chi connectivity index (χ1n) is 7.58. The first kappa shape index (κ1) is 12.8. The molecular formula is C16H19N3O2. The highest BCUT2D eigenvalue weighted by molar-refractivity contribution is 5.55. The molecule has 0 aromatic carbocycles. The zero-order chi connectivity index (χ0) is 14.3. The summed E-state index contributed by atoms with van der Waals surface area (Å²) in [4.78, 5) is 11.1. The van der Waals surface area contributed by atoms with E-state index in [1.165, 1.54) is 18.5 Å². The first-order chi connectivity index (χ1) is 10.3. The number of rotatable bonds is 2. The van der Waals surface area contributed by atoms with Crippen LogP contribution in [0.4, 0.5) is 0 Å². The van der Waals surface area contributed by atoms with Crippen LogP contribution in [0.1, 0.15) is 25.3 Å². The third-order valence-corrected chi connectivity index (χ3v) is 4.50. The summed E-state index contributed by atoms with van der Waals surface area (Å²) < 4.78 is 11.6. The van der Waals surface area contributed by atoms with Crippen LogP contribution in [0.2, 0.25) is 0 Å². The summed E-state index contributed by atoms with van der Waals surface area (Å²) in [6.07, 6.45) is 8.24. The van der Waals surface area contributed by atoms with Gasteiger partial charge in [0.15, 0.2) is 0 Å². The van der Waals surface area contributed by atoms with Crippen molar-refractivity contribution in [1.82, 2.24) is 14.9 Å². The van der Waals surface area contributed by atoms with Gasteiger partial charge in [-0.2, -0.15) is 0 Å². The molecule has 2 aromatic rings. The maximum absolute atomic E-state index is 6.24. The van der Waals surface area contributed by atoms with Crippen molar-refractivity contribution in [2.24, 2.45) is 0 Å². The third kappa shape index (κ3) is 2.21. The number of fused-ring (bicyclic) bond motifs is 1. The van der Waals surface area contributed by atoms with Crippen LogP contribution >= 0.6 is 0 Å².